The van der Waals surface area contributed by atoms with Gasteiger partial charge >= 0.3 is 5.97 Å². The number of carboxylic acid groups (broad SMARTS) is 1. The average molecular weight is 250 g/mol. The van der Waals surface area contributed by atoms with E-state index in [-0.39, 0.29) is 17.4 Å². The highest BCUT2D eigenvalue weighted by Crippen LogP contribution is 2.17. The zero-order valence-corrected chi connectivity index (χ0v) is 10.9. The first kappa shape index (κ1) is 14.2. The van der Waals surface area contributed by atoms with E-state index in [1.807, 2.05) is 13.8 Å². The Kier molecular flexibility index (Phi) is 4.83. The van der Waals surface area contributed by atoms with Crippen LogP contribution in [0.15, 0.2) is 18.3 Å². The smallest absolute Gasteiger partial charge is 0.335 e. The molecule has 5 heteroatoms. The third kappa shape index (κ3) is 3.06. The van der Waals surface area contributed by atoms with Crippen LogP contribution in [0, 0.1) is 5.92 Å². The summed E-state index contributed by atoms with van der Waals surface area (Å²) >= 11 is 0. The summed E-state index contributed by atoms with van der Waals surface area (Å²) in [4.78, 5) is 28.4. The summed E-state index contributed by atoms with van der Waals surface area (Å²) in [5.74, 6) is -0.742. The minimum Gasteiger partial charge on any atom is -0.478 e. The van der Waals surface area contributed by atoms with Crippen molar-refractivity contribution in [3.05, 3.63) is 23.9 Å². The Morgan fingerprint density at radius 1 is 1.39 bits per heavy atom. The fraction of sp³-hybridized carbons (Fsp3) is 0.462. The van der Waals surface area contributed by atoms with E-state index in [0.29, 0.717) is 5.82 Å². The Balaban J connectivity index is 2.96. The van der Waals surface area contributed by atoms with Gasteiger partial charge in [-0.15, -0.1) is 0 Å². The van der Waals surface area contributed by atoms with Gasteiger partial charge in [-0.2, -0.15) is 0 Å². The number of carbonyl (C=O) groups excluding carboxylic acids is 1. The minimum absolute atomic E-state index is 0.0324. The predicted octanol–water partition coefficient (Wildman–Crippen LogP) is 2.18. The number of aromatic nitrogens is 1. The lowest BCUT2D eigenvalue weighted by atomic mass is 10.0. The Bertz CT molecular complexity index is 442. The van der Waals surface area contributed by atoms with Gasteiger partial charge in [0, 0.05) is 19.2 Å². The van der Waals surface area contributed by atoms with Crippen molar-refractivity contribution in [2.45, 2.75) is 26.7 Å². The largest absolute Gasteiger partial charge is 0.478 e. The number of hydrogen-bond donors (Lipinski definition) is 1. The van der Waals surface area contributed by atoms with Gasteiger partial charge in [0.15, 0.2) is 0 Å². The van der Waals surface area contributed by atoms with Crippen molar-refractivity contribution < 1.29 is 14.7 Å². The van der Waals surface area contributed by atoms with E-state index in [4.69, 9.17) is 5.11 Å². The van der Waals surface area contributed by atoms with Crippen molar-refractivity contribution >= 4 is 17.7 Å². The van der Waals surface area contributed by atoms with Crippen LogP contribution in [0.1, 0.15) is 37.0 Å². The Morgan fingerprint density at radius 3 is 2.50 bits per heavy atom. The Hall–Kier alpha value is -1.91. The molecule has 1 aromatic rings. The molecule has 0 aromatic carbocycles. The van der Waals surface area contributed by atoms with Crippen LogP contribution in [0.4, 0.5) is 5.82 Å². The standard InChI is InChI=1S/C13H18N2O3/c1-4-9(5-2)12(16)15(3)11-8-10(13(17)18)6-7-14-11/h6-9H,4-5H2,1-3H3,(H,17,18). The number of rotatable bonds is 5. The molecule has 1 rings (SSSR count). The van der Waals surface area contributed by atoms with Crippen molar-refractivity contribution in [2.75, 3.05) is 11.9 Å². The van der Waals surface area contributed by atoms with Gasteiger partial charge in [-0.1, -0.05) is 13.8 Å². The van der Waals surface area contributed by atoms with Gasteiger partial charge in [0.2, 0.25) is 5.91 Å². The van der Waals surface area contributed by atoms with Gasteiger partial charge in [0.05, 0.1) is 5.56 Å². The van der Waals surface area contributed by atoms with Crippen LogP contribution in [-0.2, 0) is 4.79 Å². The maximum absolute atomic E-state index is 12.1. The lowest BCUT2D eigenvalue weighted by Gasteiger charge is -2.21. The van der Waals surface area contributed by atoms with Crippen molar-refractivity contribution in [1.82, 2.24) is 4.98 Å². The zero-order valence-electron chi connectivity index (χ0n) is 10.9. The van der Waals surface area contributed by atoms with Gasteiger partial charge < -0.3 is 5.11 Å². The van der Waals surface area contributed by atoms with Gasteiger partial charge in [-0.25, -0.2) is 9.78 Å². The molecule has 5 nitrogen and oxygen atoms in total. The fourth-order valence-corrected chi connectivity index (χ4v) is 1.76. The van der Waals surface area contributed by atoms with Gasteiger partial charge in [0.25, 0.3) is 0 Å². The van der Waals surface area contributed by atoms with E-state index in [0.717, 1.165) is 12.8 Å². The van der Waals surface area contributed by atoms with E-state index in [2.05, 4.69) is 4.98 Å². The molecule has 1 aromatic heterocycles. The summed E-state index contributed by atoms with van der Waals surface area (Å²) in [7, 11) is 1.62. The van der Waals surface area contributed by atoms with Crippen LogP contribution in [0.25, 0.3) is 0 Å². The summed E-state index contributed by atoms with van der Waals surface area (Å²) in [5.41, 5.74) is 0.129. The quantitative estimate of drug-likeness (QED) is 0.869. The third-order valence-corrected chi connectivity index (χ3v) is 3.00. The molecule has 1 N–H and O–H groups in total. The SMILES string of the molecule is CCC(CC)C(=O)N(C)c1cc(C(=O)O)ccn1. The number of hydrogen-bond acceptors (Lipinski definition) is 3. The van der Waals surface area contributed by atoms with Gasteiger partial charge in [0.1, 0.15) is 5.82 Å². The summed E-state index contributed by atoms with van der Waals surface area (Å²) in [6.45, 7) is 3.92. The molecule has 0 aliphatic carbocycles. The molecule has 0 aliphatic rings. The van der Waals surface area contributed by atoms with E-state index >= 15 is 0 Å². The molecule has 0 bridgehead atoms. The number of anilines is 1. The van der Waals surface area contributed by atoms with Crippen LogP contribution in [0.3, 0.4) is 0 Å². The summed E-state index contributed by atoms with van der Waals surface area (Å²) in [6, 6.07) is 2.81. The molecular formula is C13H18N2O3. The maximum Gasteiger partial charge on any atom is 0.335 e. The molecule has 1 heterocycles. The summed E-state index contributed by atoms with van der Waals surface area (Å²) in [6.07, 6.45) is 2.92. The molecule has 1 amide bonds. The highest BCUT2D eigenvalue weighted by Gasteiger charge is 2.21. The summed E-state index contributed by atoms with van der Waals surface area (Å²) in [5, 5.41) is 8.90. The molecular weight excluding hydrogens is 232 g/mol. The highest BCUT2D eigenvalue weighted by molar-refractivity contribution is 5.95. The van der Waals surface area contributed by atoms with Crippen molar-refractivity contribution in [3.63, 3.8) is 0 Å². The second-order valence-corrected chi connectivity index (χ2v) is 4.12. The first-order valence-electron chi connectivity index (χ1n) is 5.98. The molecule has 0 unspecified atom stereocenters. The number of amides is 1. The lowest BCUT2D eigenvalue weighted by molar-refractivity contribution is -0.122. The molecule has 0 fully saturated rings. The summed E-state index contributed by atoms with van der Waals surface area (Å²) < 4.78 is 0. The Labute approximate surface area is 106 Å². The second kappa shape index (κ2) is 6.14. The first-order chi connectivity index (χ1) is 8.51. The minimum atomic E-state index is -1.03. The number of carbonyl (C=O) groups is 2. The lowest BCUT2D eigenvalue weighted by Crippen LogP contribution is -2.33. The molecule has 0 radical (unpaired) electrons. The van der Waals surface area contributed by atoms with E-state index in [1.165, 1.54) is 23.2 Å². The monoisotopic (exact) mass is 250 g/mol. The van der Waals surface area contributed by atoms with Crippen molar-refractivity contribution in [3.8, 4) is 0 Å². The molecule has 0 atom stereocenters. The van der Waals surface area contributed by atoms with E-state index in [9.17, 15) is 9.59 Å². The average Bonchev–Trinajstić information content (AvgIpc) is 2.39. The normalized spacial score (nSPS) is 10.4. The van der Waals surface area contributed by atoms with Crippen LogP contribution in [0.5, 0.6) is 0 Å². The predicted molar refractivity (Wildman–Crippen MR) is 68.7 cm³/mol. The van der Waals surface area contributed by atoms with Crippen LogP contribution in [-0.4, -0.2) is 29.0 Å². The zero-order chi connectivity index (χ0) is 13.7. The fourth-order valence-electron chi connectivity index (χ4n) is 1.76. The van der Waals surface area contributed by atoms with Crippen LogP contribution < -0.4 is 4.90 Å². The van der Waals surface area contributed by atoms with E-state index in [1.54, 1.807) is 7.05 Å². The second-order valence-electron chi connectivity index (χ2n) is 4.12. The van der Waals surface area contributed by atoms with Gasteiger partial charge in [-0.3, -0.25) is 9.69 Å². The number of carboxylic acids is 1. The van der Waals surface area contributed by atoms with Crippen molar-refractivity contribution in [1.29, 1.82) is 0 Å². The number of pyridine rings is 1. The molecule has 18 heavy (non-hydrogen) atoms. The Morgan fingerprint density at radius 2 is 2.00 bits per heavy atom. The molecule has 0 saturated heterocycles. The first-order valence-corrected chi connectivity index (χ1v) is 5.98. The number of aromatic carboxylic acids is 1. The van der Waals surface area contributed by atoms with Gasteiger partial charge in [-0.05, 0) is 25.0 Å². The molecule has 0 aliphatic heterocycles. The maximum atomic E-state index is 12.1. The van der Waals surface area contributed by atoms with E-state index < -0.39 is 5.97 Å². The van der Waals surface area contributed by atoms with Crippen molar-refractivity contribution in [2.24, 2.45) is 5.92 Å². The topological polar surface area (TPSA) is 70.5 Å². The molecule has 98 valence electrons. The molecule has 0 saturated carbocycles. The van der Waals surface area contributed by atoms with Crippen LogP contribution in [0.2, 0.25) is 0 Å². The third-order valence-electron chi connectivity index (χ3n) is 3.00. The molecule has 0 spiro atoms. The number of nitrogens with zero attached hydrogens (tertiary/aromatic N) is 2. The van der Waals surface area contributed by atoms with Crippen LogP contribution >= 0.6 is 0 Å². The highest BCUT2D eigenvalue weighted by atomic mass is 16.4.